The zero-order chi connectivity index (χ0) is 10.7. The lowest BCUT2D eigenvalue weighted by Gasteiger charge is -2.06. The number of ketones is 1. The van der Waals surface area contributed by atoms with Gasteiger partial charge in [-0.2, -0.15) is 0 Å². The number of hydrogen-bond acceptors (Lipinski definition) is 2. The molecule has 0 unspecified atom stereocenters. The minimum absolute atomic E-state index is 0.189. The molecule has 0 bridgehead atoms. The molecule has 0 saturated heterocycles. The van der Waals surface area contributed by atoms with Crippen molar-refractivity contribution in [2.24, 2.45) is 5.92 Å². The van der Waals surface area contributed by atoms with Gasteiger partial charge in [0, 0.05) is 17.1 Å². The van der Waals surface area contributed by atoms with Gasteiger partial charge >= 0.3 is 0 Å². The van der Waals surface area contributed by atoms with Gasteiger partial charge in [-0.1, -0.05) is 25.7 Å². The van der Waals surface area contributed by atoms with E-state index in [0.717, 1.165) is 4.47 Å². The fourth-order valence-electron chi connectivity index (χ4n) is 2.12. The van der Waals surface area contributed by atoms with Crippen LogP contribution in [0.15, 0.2) is 22.8 Å². The van der Waals surface area contributed by atoms with Crippen molar-refractivity contribution in [3.8, 4) is 0 Å². The van der Waals surface area contributed by atoms with Gasteiger partial charge in [-0.05, 0) is 34.0 Å². The highest BCUT2D eigenvalue weighted by atomic mass is 79.9. The number of carbonyl (C=O) groups excluding carboxylic acids is 1. The molecule has 1 aromatic rings. The molecule has 0 N–H and O–H groups in total. The number of Topliss-reactive ketones (excluding diaryl/α,β-unsaturated/α-hetero) is 1. The molecule has 15 heavy (non-hydrogen) atoms. The topological polar surface area (TPSA) is 30.0 Å². The summed E-state index contributed by atoms with van der Waals surface area (Å²) in [6.45, 7) is 0. The minimum atomic E-state index is 0.189. The second kappa shape index (κ2) is 4.88. The van der Waals surface area contributed by atoms with Crippen molar-refractivity contribution < 1.29 is 4.79 Å². The van der Waals surface area contributed by atoms with E-state index in [4.69, 9.17) is 0 Å². The van der Waals surface area contributed by atoms with Crippen molar-refractivity contribution in [1.29, 1.82) is 0 Å². The summed E-state index contributed by atoms with van der Waals surface area (Å²) in [5.74, 6) is 0.789. The third kappa shape index (κ3) is 2.88. The Balaban J connectivity index is 1.98. The average molecular weight is 268 g/mol. The highest BCUT2D eigenvalue weighted by Crippen LogP contribution is 2.28. The van der Waals surface area contributed by atoms with Crippen LogP contribution in [0.5, 0.6) is 0 Å². The molecular weight excluding hydrogens is 254 g/mol. The van der Waals surface area contributed by atoms with Gasteiger partial charge in [0.05, 0.1) is 0 Å². The van der Waals surface area contributed by atoms with E-state index in [9.17, 15) is 4.79 Å². The van der Waals surface area contributed by atoms with Crippen molar-refractivity contribution in [2.75, 3.05) is 0 Å². The van der Waals surface area contributed by atoms with E-state index >= 15 is 0 Å². The van der Waals surface area contributed by atoms with Crippen LogP contribution in [0.2, 0.25) is 0 Å². The zero-order valence-electron chi connectivity index (χ0n) is 8.58. The second-order valence-electron chi connectivity index (χ2n) is 4.14. The molecule has 1 fully saturated rings. The lowest BCUT2D eigenvalue weighted by molar-refractivity contribution is 0.0957. The van der Waals surface area contributed by atoms with Gasteiger partial charge in [0.25, 0.3) is 0 Å². The molecule has 0 aromatic carbocycles. The number of halogens is 1. The Bertz CT molecular complexity index is 341. The first-order chi connectivity index (χ1) is 7.25. The molecular formula is C12H14BrNO. The van der Waals surface area contributed by atoms with Crippen LogP contribution in [0.4, 0.5) is 0 Å². The van der Waals surface area contributed by atoms with E-state index in [-0.39, 0.29) is 5.78 Å². The monoisotopic (exact) mass is 267 g/mol. The summed E-state index contributed by atoms with van der Waals surface area (Å²) in [5, 5.41) is 0. The van der Waals surface area contributed by atoms with Crippen molar-refractivity contribution in [1.82, 2.24) is 4.98 Å². The van der Waals surface area contributed by atoms with Crippen molar-refractivity contribution in [3.63, 3.8) is 0 Å². The molecule has 0 aliphatic heterocycles. The van der Waals surface area contributed by atoms with Gasteiger partial charge in [-0.15, -0.1) is 0 Å². The van der Waals surface area contributed by atoms with Gasteiger partial charge < -0.3 is 0 Å². The van der Waals surface area contributed by atoms with Crippen LogP contribution in [0, 0.1) is 5.92 Å². The smallest absolute Gasteiger partial charge is 0.181 e. The normalized spacial score (nSPS) is 16.9. The maximum Gasteiger partial charge on any atom is 0.181 e. The number of aromatic nitrogens is 1. The van der Waals surface area contributed by atoms with Crippen molar-refractivity contribution in [3.05, 3.63) is 28.5 Å². The maximum absolute atomic E-state index is 11.8. The lowest BCUT2D eigenvalue weighted by atomic mass is 9.99. The van der Waals surface area contributed by atoms with Crippen LogP contribution in [-0.2, 0) is 0 Å². The molecule has 0 amide bonds. The summed E-state index contributed by atoms with van der Waals surface area (Å²) >= 11 is 3.31. The van der Waals surface area contributed by atoms with E-state index in [1.54, 1.807) is 12.3 Å². The summed E-state index contributed by atoms with van der Waals surface area (Å²) in [6.07, 6.45) is 7.35. The molecule has 1 heterocycles. The number of nitrogens with zero attached hydrogens (tertiary/aromatic N) is 1. The number of hydrogen-bond donors (Lipinski definition) is 0. The van der Waals surface area contributed by atoms with Crippen LogP contribution < -0.4 is 0 Å². The van der Waals surface area contributed by atoms with Gasteiger partial charge in [-0.25, -0.2) is 0 Å². The quantitative estimate of drug-likeness (QED) is 0.784. The maximum atomic E-state index is 11.8. The fraction of sp³-hybridized carbons (Fsp3) is 0.500. The third-order valence-electron chi connectivity index (χ3n) is 2.96. The van der Waals surface area contributed by atoms with E-state index in [2.05, 4.69) is 20.9 Å². The van der Waals surface area contributed by atoms with Gasteiger partial charge in [0.15, 0.2) is 5.78 Å². The Hall–Kier alpha value is -0.700. The van der Waals surface area contributed by atoms with Gasteiger partial charge in [0.1, 0.15) is 5.69 Å². The molecule has 2 nitrogen and oxygen atoms in total. The summed E-state index contributed by atoms with van der Waals surface area (Å²) < 4.78 is 0.917. The van der Waals surface area contributed by atoms with Crippen LogP contribution >= 0.6 is 15.9 Å². The Morgan fingerprint density at radius 1 is 1.40 bits per heavy atom. The average Bonchev–Trinajstić information content (AvgIpc) is 2.71. The fourth-order valence-corrected chi connectivity index (χ4v) is 2.36. The Morgan fingerprint density at radius 3 is 2.73 bits per heavy atom. The minimum Gasteiger partial charge on any atom is -0.292 e. The number of pyridine rings is 1. The molecule has 1 aromatic heterocycles. The van der Waals surface area contributed by atoms with Crippen molar-refractivity contribution in [2.45, 2.75) is 32.1 Å². The number of carbonyl (C=O) groups is 1. The molecule has 0 radical (unpaired) electrons. The largest absolute Gasteiger partial charge is 0.292 e. The van der Waals surface area contributed by atoms with Crippen LogP contribution in [0.3, 0.4) is 0 Å². The molecule has 1 aliphatic carbocycles. The molecule has 0 atom stereocenters. The van der Waals surface area contributed by atoms with E-state index in [1.807, 2.05) is 6.07 Å². The van der Waals surface area contributed by atoms with E-state index < -0.39 is 0 Å². The first-order valence-corrected chi connectivity index (χ1v) is 6.20. The van der Waals surface area contributed by atoms with E-state index in [1.165, 1.54) is 25.7 Å². The summed E-state index contributed by atoms with van der Waals surface area (Å²) in [6, 6.07) is 3.66. The molecule has 1 aliphatic rings. The first-order valence-electron chi connectivity index (χ1n) is 5.40. The molecule has 2 rings (SSSR count). The Morgan fingerprint density at radius 2 is 2.13 bits per heavy atom. The molecule has 80 valence electrons. The van der Waals surface area contributed by atoms with Gasteiger partial charge in [0.2, 0.25) is 0 Å². The number of rotatable bonds is 3. The SMILES string of the molecule is O=C(CC1CCCC1)c1ccc(Br)cn1. The standard InChI is InChI=1S/C12H14BrNO/c13-10-5-6-11(14-8-10)12(15)7-9-3-1-2-4-9/h5-6,8-9H,1-4,7H2. The van der Waals surface area contributed by atoms with Crippen molar-refractivity contribution >= 4 is 21.7 Å². The van der Waals surface area contributed by atoms with Gasteiger partial charge in [-0.3, -0.25) is 9.78 Å². The van der Waals surface area contributed by atoms with Crippen LogP contribution in [0.25, 0.3) is 0 Å². The molecule has 3 heteroatoms. The van der Waals surface area contributed by atoms with E-state index in [0.29, 0.717) is 18.0 Å². The summed E-state index contributed by atoms with van der Waals surface area (Å²) in [7, 11) is 0. The predicted octanol–water partition coefficient (Wildman–Crippen LogP) is 3.61. The Kier molecular flexibility index (Phi) is 3.52. The highest BCUT2D eigenvalue weighted by Gasteiger charge is 2.19. The molecule has 0 spiro atoms. The first kappa shape index (κ1) is 10.8. The zero-order valence-corrected chi connectivity index (χ0v) is 10.2. The Labute approximate surface area is 98.2 Å². The third-order valence-corrected chi connectivity index (χ3v) is 3.43. The molecule has 1 saturated carbocycles. The lowest BCUT2D eigenvalue weighted by Crippen LogP contribution is -2.07. The van der Waals surface area contributed by atoms with Crippen LogP contribution in [-0.4, -0.2) is 10.8 Å². The predicted molar refractivity (Wildman–Crippen MR) is 62.8 cm³/mol. The summed E-state index contributed by atoms with van der Waals surface area (Å²) in [5.41, 5.74) is 0.602. The second-order valence-corrected chi connectivity index (χ2v) is 5.06. The summed E-state index contributed by atoms with van der Waals surface area (Å²) in [4.78, 5) is 16.0. The highest BCUT2D eigenvalue weighted by molar-refractivity contribution is 9.10. The van der Waals surface area contributed by atoms with Crippen LogP contribution in [0.1, 0.15) is 42.6 Å².